The Kier molecular flexibility index (Phi) is 5.49. The number of ether oxygens (including phenoxy) is 2. The van der Waals surface area contributed by atoms with Crippen molar-refractivity contribution in [2.24, 2.45) is 0 Å². The Bertz CT molecular complexity index is 947. The van der Waals surface area contributed by atoms with Gasteiger partial charge in [-0.2, -0.15) is 0 Å². The van der Waals surface area contributed by atoms with Crippen LogP contribution in [0.3, 0.4) is 0 Å². The number of hydrogen-bond donors (Lipinski definition) is 1. The van der Waals surface area contributed by atoms with E-state index in [0.717, 1.165) is 11.1 Å². The third-order valence-electron chi connectivity index (χ3n) is 3.82. The fourth-order valence-electron chi connectivity index (χ4n) is 2.55. The van der Waals surface area contributed by atoms with Gasteiger partial charge in [0.2, 0.25) is 0 Å². The minimum absolute atomic E-state index is 0.0155. The van der Waals surface area contributed by atoms with Crippen LogP contribution >= 0.6 is 0 Å². The maximum atomic E-state index is 12.3. The molecule has 26 heavy (non-hydrogen) atoms. The van der Waals surface area contributed by atoms with Crippen molar-refractivity contribution in [1.29, 1.82) is 0 Å². The molecule has 0 atom stereocenters. The second-order valence-corrected chi connectivity index (χ2v) is 5.62. The first kappa shape index (κ1) is 17.5. The van der Waals surface area contributed by atoms with Crippen molar-refractivity contribution >= 4 is 5.97 Å². The minimum Gasteiger partial charge on any atom is -0.488 e. The Morgan fingerprint density at radius 1 is 1.04 bits per heavy atom. The molecule has 0 bridgehead atoms. The van der Waals surface area contributed by atoms with Gasteiger partial charge in [0.1, 0.15) is 17.9 Å². The number of carbonyl (C=O) groups excluding carboxylic acids is 1. The van der Waals surface area contributed by atoms with Crippen molar-refractivity contribution < 1.29 is 14.3 Å². The Labute approximate surface area is 151 Å². The van der Waals surface area contributed by atoms with Crippen molar-refractivity contribution in [1.82, 2.24) is 4.98 Å². The third-order valence-corrected chi connectivity index (χ3v) is 3.82. The first-order valence-electron chi connectivity index (χ1n) is 8.35. The van der Waals surface area contributed by atoms with Crippen LogP contribution in [0.25, 0.3) is 11.3 Å². The maximum Gasteiger partial charge on any atom is 0.343 e. The Hall–Kier alpha value is -3.34. The lowest BCUT2D eigenvalue weighted by molar-refractivity contribution is 0.0524. The largest absolute Gasteiger partial charge is 0.488 e. The normalized spacial score (nSPS) is 10.3. The standard InChI is InChI=1S/C21H19NO4/c1-2-25-21(24)17-13-22-18(12-19(17)23)16-10-6-7-11-20(16)26-14-15-8-4-3-5-9-15/h3-13H,2,14H2,1H3,(H,22,23). The molecule has 0 radical (unpaired) electrons. The van der Waals surface area contributed by atoms with Gasteiger partial charge in [0.15, 0.2) is 5.43 Å². The van der Waals surface area contributed by atoms with Crippen LogP contribution in [-0.2, 0) is 11.3 Å². The molecule has 5 nitrogen and oxygen atoms in total. The average Bonchev–Trinajstić information content (AvgIpc) is 2.67. The molecule has 5 heteroatoms. The number of rotatable bonds is 6. The lowest BCUT2D eigenvalue weighted by Crippen LogP contribution is -2.17. The van der Waals surface area contributed by atoms with Gasteiger partial charge in [0.25, 0.3) is 0 Å². The van der Waals surface area contributed by atoms with E-state index in [1.165, 1.54) is 12.3 Å². The van der Waals surface area contributed by atoms with E-state index in [4.69, 9.17) is 9.47 Å². The van der Waals surface area contributed by atoms with Crippen LogP contribution in [0.1, 0.15) is 22.8 Å². The minimum atomic E-state index is -0.631. The van der Waals surface area contributed by atoms with E-state index in [-0.39, 0.29) is 12.2 Å². The molecule has 0 unspecified atom stereocenters. The summed E-state index contributed by atoms with van der Waals surface area (Å²) in [5, 5.41) is 0. The third kappa shape index (κ3) is 4.00. The molecule has 0 aliphatic rings. The highest BCUT2D eigenvalue weighted by atomic mass is 16.5. The number of aromatic amines is 1. The summed E-state index contributed by atoms with van der Waals surface area (Å²) in [5.41, 5.74) is 1.96. The van der Waals surface area contributed by atoms with E-state index in [1.807, 2.05) is 54.6 Å². The molecule has 0 saturated heterocycles. The molecule has 1 N–H and O–H groups in total. The van der Waals surface area contributed by atoms with Crippen LogP contribution in [0.5, 0.6) is 5.75 Å². The van der Waals surface area contributed by atoms with E-state index in [0.29, 0.717) is 18.1 Å². The maximum absolute atomic E-state index is 12.3. The van der Waals surface area contributed by atoms with Gasteiger partial charge in [-0.05, 0) is 24.6 Å². The predicted molar refractivity (Wildman–Crippen MR) is 99.2 cm³/mol. The molecule has 0 aliphatic heterocycles. The molecule has 1 aromatic heterocycles. The molecule has 0 saturated carbocycles. The van der Waals surface area contributed by atoms with Crippen LogP contribution in [0.15, 0.2) is 71.7 Å². The van der Waals surface area contributed by atoms with Crippen LogP contribution < -0.4 is 10.2 Å². The van der Waals surface area contributed by atoms with Gasteiger partial charge >= 0.3 is 5.97 Å². The summed E-state index contributed by atoms with van der Waals surface area (Å²) >= 11 is 0. The zero-order chi connectivity index (χ0) is 18.4. The van der Waals surface area contributed by atoms with E-state index < -0.39 is 11.4 Å². The number of benzene rings is 2. The molecule has 132 valence electrons. The fourth-order valence-corrected chi connectivity index (χ4v) is 2.55. The van der Waals surface area contributed by atoms with Crippen LogP contribution in [0, 0.1) is 0 Å². The zero-order valence-electron chi connectivity index (χ0n) is 14.4. The first-order chi connectivity index (χ1) is 12.7. The monoisotopic (exact) mass is 349 g/mol. The number of H-pyrrole nitrogens is 1. The van der Waals surface area contributed by atoms with Gasteiger partial charge in [-0.25, -0.2) is 4.79 Å². The van der Waals surface area contributed by atoms with Crippen LogP contribution in [-0.4, -0.2) is 17.6 Å². The Morgan fingerprint density at radius 3 is 2.50 bits per heavy atom. The molecule has 0 aliphatic carbocycles. The number of hydrogen-bond acceptors (Lipinski definition) is 4. The lowest BCUT2D eigenvalue weighted by Gasteiger charge is -2.12. The summed E-state index contributed by atoms with van der Waals surface area (Å²) in [6.07, 6.45) is 1.38. The van der Waals surface area contributed by atoms with Crippen molar-refractivity contribution in [3.63, 3.8) is 0 Å². The summed E-state index contributed by atoms with van der Waals surface area (Å²) in [6, 6.07) is 18.6. The number of para-hydroxylation sites is 1. The molecule has 2 aromatic carbocycles. The molecule has 3 aromatic rings. The SMILES string of the molecule is CCOC(=O)c1c[nH]c(-c2ccccc2OCc2ccccc2)cc1=O. The van der Waals surface area contributed by atoms with Gasteiger partial charge in [0.05, 0.1) is 12.3 Å². The summed E-state index contributed by atoms with van der Waals surface area (Å²) in [7, 11) is 0. The highest BCUT2D eigenvalue weighted by molar-refractivity contribution is 5.89. The number of nitrogens with one attached hydrogen (secondary N) is 1. The molecular formula is C21H19NO4. The quantitative estimate of drug-likeness (QED) is 0.687. The summed E-state index contributed by atoms with van der Waals surface area (Å²) < 4.78 is 10.8. The summed E-state index contributed by atoms with van der Waals surface area (Å²) in [5.74, 6) is 0.0183. The number of esters is 1. The van der Waals surface area contributed by atoms with Crippen LogP contribution in [0.2, 0.25) is 0 Å². The van der Waals surface area contributed by atoms with Crippen molar-refractivity contribution in [2.75, 3.05) is 6.61 Å². The fraction of sp³-hybridized carbons (Fsp3) is 0.143. The second kappa shape index (κ2) is 8.16. The van der Waals surface area contributed by atoms with Crippen molar-refractivity contribution in [3.05, 3.63) is 88.2 Å². The average molecular weight is 349 g/mol. The summed E-state index contributed by atoms with van der Waals surface area (Å²) in [6.45, 7) is 2.33. The van der Waals surface area contributed by atoms with Crippen molar-refractivity contribution in [3.8, 4) is 17.0 Å². The predicted octanol–water partition coefficient (Wildman–Crippen LogP) is 3.80. The number of aromatic nitrogens is 1. The molecular weight excluding hydrogens is 330 g/mol. The van der Waals surface area contributed by atoms with E-state index in [9.17, 15) is 9.59 Å². The van der Waals surface area contributed by atoms with Gasteiger partial charge < -0.3 is 14.5 Å². The summed E-state index contributed by atoms with van der Waals surface area (Å²) in [4.78, 5) is 27.0. The number of pyridine rings is 1. The molecule has 0 spiro atoms. The lowest BCUT2D eigenvalue weighted by atomic mass is 10.1. The smallest absolute Gasteiger partial charge is 0.343 e. The van der Waals surface area contributed by atoms with Crippen LogP contribution in [0.4, 0.5) is 0 Å². The highest BCUT2D eigenvalue weighted by Gasteiger charge is 2.14. The van der Waals surface area contributed by atoms with E-state index >= 15 is 0 Å². The second-order valence-electron chi connectivity index (χ2n) is 5.62. The Morgan fingerprint density at radius 2 is 1.77 bits per heavy atom. The Balaban J connectivity index is 1.86. The van der Waals surface area contributed by atoms with Crippen molar-refractivity contribution in [2.45, 2.75) is 13.5 Å². The molecule has 0 fully saturated rings. The molecule has 3 rings (SSSR count). The van der Waals surface area contributed by atoms with Gasteiger partial charge in [0, 0.05) is 17.8 Å². The molecule has 0 amide bonds. The van der Waals surface area contributed by atoms with E-state index in [1.54, 1.807) is 6.92 Å². The topological polar surface area (TPSA) is 68.4 Å². The van der Waals surface area contributed by atoms with Gasteiger partial charge in [-0.15, -0.1) is 0 Å². The zero-order valence-corrected chi connectivity index (χ0v) is 14.4. The van der Waals surface area contributed by atoms with E-state index in [2.05, 4.69) is 4.98 Å². The van der Waals surface area contributed by atoms with Gasteiger partial charge in [-0.3, -0.25) is 4.79 Å². The highest BCUT2D eigenvalue weighted by Crippen LogP contribution is 2.28. The molecule has 1 heterocycles. The first-order valence-corrected chi connectivity index (χ1v) is 8.35. The number of carbonyl (C=O) groups is 1. The van der Waals surface area contributed by atoms with Gasteiger partial charge in [-0.1, -0.05) is 42.5 Å².